The van der Waals surface area contributed by atoms with Crippen molar-refractivity contribution in [1.29, 1.82) is 0 Å². The minimum absolute atomic E-state index is 0.355. The number of hydrogen-bond acceptors (Lipinski definition) is 5. The number of fused-ring (bicyclic) bond motifs is 10. The van der Waals surface area contributed by atoms with Crippen molar-refractivity contribution in [3.8, 4) is 28.7 Å². The molecule has 15 rings (SSSR count). The van der Waals surface area contributed by atoms with Crippen LogP contribution in [0.1, 0.15) is 233 Å². The zero-order valence-electron chi connectivity index (χ0n) is 55.1. The number of hydrogen-bond donors (Lipinski definition) is 4. The average molecular weight is 1150 g/mol. The fourth-order valence-corrected chi connectivity index (χ4v) is 21.4. The topological polar surface area (TPSA) is 90.2 Å². The van der Waals surface area contributed by atoms with Crippen molar-refractivity contribution in [2.75, 3.05) is 0 Å². The molecule has 5 aromatic rings. The van der Waals surface area contributed by atoms with Crippen molar-refractivity contribution in [3.05, 3.63) is 150 Å². The van der Waals surface area contributed by atoms with E-state index in [1.807, 2.05) is 54.6 Å². The Kier molecular flexibility index (Phi) is 16.2. The van der Waals surface area contributed by atoms with Gasteiger partial charge in [0.1, 0.15) is 34.9 Å². The lowest BCUT2D eigenvalue weighted by Gasteiger charge is -2.40. The maximum atomic E-state index is 10.1. The van der Waals surface area contributed by atoms with Gasteiger partial charge in [-0.1, -0.05) is 183 Å². The first-order chi connectivity index (χ1) is 40.0. The van der Waals surface area contributed by atoms with Gasteiger partial charge >= 0.3 is 0 Å². The predicted octanol–water partition coefficient (Wildman–Crippen LogP) is 21.3. The van der Waals surface area contributed by atoms with Crippen LogP contribution in [-0.4, -0.2) is 26.5 Å². The minimum atomic E-state index is 0.355. The number of benzene rings is 5. The zero-order valence-corrected chi connectivity index (χ0v) is 55.1. The molecule has 0 aromatic heterocycles. The van der Waals surface area contributed by atoms with E-state index in [0.717, 1.165) is 64.9 Å². The Bertz CT molecular complexity index is 3110. The second-order valence-electron chi connectivity index (χ2n) is 33.3. The third-order valence-corrected chi connectivity index (χ3v) is 29.5. The van der Waals surface area contributed by atoms with E-state index in [0.29, 0.717) is 90.2 Å². The highest BCUT2D eigenvalue weighted by Gasteiger charge is 2.64. The SMILES string of the molecule is CC1(C)C2CCC1(C)C(Oc1ccccc1)C2.CC1(C)C2CCC1(C)C(c1ccc(O)cc1)C2.CC1(C)C2CCC1(C)C(c1ccccc1O)C2.CC1C2CC(CC2c2ccc(O)cc2)C1(C)C.CC1C2CC(CC2c2ccccc2O)C1(C)C. The summed E-state index contributed by atoms with van der Waals surface area (Å²) in [4.78, 5) is 0. The number of rotatable bonds is 6. The number of phenolic OH excluding ortho intramolecular Hbond substituents is 4. The molecule has 460 valence electrons. The summed E-state index contributed by atoms with van der Waals surface area (Å²) < 4.78 is 6.25. The van der Waals surface area contributed by atoms with Gasteiger partial charge in [0, 0.05) is 5.41 Å². The highest BCUT2D eigenvalue weighted by atomic mass is 16.5. The first-order valence-electron chi connectivity index (χ1n) is 33.8. The summed E-state index contributed by atoms with van der Waals surface area (Å²) in [5.41, 5.74) is 8.69. The summed E-state index contributed by atoms with van der Waals surface area (Å²) in [5, 5.41) is 38.9. The molecule has 17 atom stereocenters. The van der Waals surface area contributed by atoms with E-state index in [4.69, 9.17) is 4.74 Å². The molecule has 0 radical (unpaired) electrons. The largest absolute Gasteiger partial charge is 0.508 e. The lowest BCUT2D eigenvalue weighted by molar-refractivity contribution is 0.0302. The lowest BCUT2D eigenvalue weighted by Crippen LogP contribution is -2.38. The second-order valence-corrected chi connectivity index (χ2v) is 33.3. The van der Waals surface area contributed by atoms with Gasteiger partial charge < -0.3 is 25.2 Å². The maximum Gasteiger partial charge on any atom is 0.119 e. The third-order valence-electron chi connectivity index (χ3n) is 29.5. The van der Waals surface area contributed by atoms with Gasteiger partial charge in [-0.15, -0.1) is 0 Å². The van der Waals surface area contributed by atoms with E-state index in [2.05, 4.69) is 177 Å². The summed E-state index contributed by atoms with van der Waals surface area (Å²) in [6.45, 7) is 36.5. The highest BCUT2D eigenvalue weighted by molar-refractivity contribution is 5.40. The molecular weight excluding hydrogens is 1040 g/mol. The van der Waals surface area contributed by atoms with Crippen LogP contribution in [0.15, 0.2) is 127 Å². The molecular formula is C80H110O5. The molecule has 10 saturated carbocycles. The number of aromatic hydroxyl groups is 4. The molecule has 5 heteroatoms. The van der Waals surface area contributed by atoms with E-state index in [1.165, 1.54) is 106 Å². The van der Waals surface area contributed by atoms with Crippen LogP contribution < -0.4 is 4.74 Å². The van der Waals surface area contributed by atoms with Crippen LogP contribution in [-0.2, 0) is 0 Å². The van der Waals surface area contributed by atoms with E-state index in [1.54, 1.807) is 0 Å². The van der Waals surface area contributed by atoms with Crippen LogP contribution in [0.25, 0.3) is 0 Å². The van der Waals surface area contributed by atoms with Crippen LogP contribution in [0.3, 0.4) is 0 Å². The van der Waals surface area contributed by atoms with Gasteiger partial charge in [-0.05, 0) is 269 Å². The van der Waals surface area contributed by atoms with Crippen molar-refractivity contribution < 1.29 is 25.2 Å². The molecule has 5 aromatic carbocycles. The Balaban J connectivity index is 0.000000111. The first kappa shape index (κ1) is 61.7. The monoisotopic (exact) mass is 1150 g/mol. The van der Waals surface area contributed by atoms with Gasteiger partial charge in [-0.2, -0.15) is 0 Å². The summed E-state index contributed by atoms with van der Waals surface area (Å²) in [5.74, 6) is 12.8. The predicted molar refractivity (Wildman–Crippen MR) is 350 cm³/mol. The van der Waals surface area contributed by atoms with Crippen LogP contribution in [0, 0.1) is 96.6 Å². The van der Waals surface area contributed by atoms with Crippen LogP contribution in [0.4, 0.5) is 0 Å². The Morgan fingerprint density at radius 3 is 1.18 bits per heavy atom. The molecule has 4 N–H and O–H groups in total. The number of ether oxygens (including phenoxy) is 1. The van der Waals surface area contributed by atoms with E-state index >= 15 is 0 Å². The quantitative estimate of drug-likeness (QED) is 0.136. The molecule has 0 amide bonds. The maximum absolute atomic E-state index is 10.1. The first-order valence-corrected chi connectivity index (χ1v) is 33.8. The van der Waals surface area contributed by atoms with E-state index < -0.39 is 0 Å². The summed E-state index contributed by atoms with van der Waals surface area (Å²) in [6.07, 6.45) is 17.7. The van der Waals surface area contributed by atoms with Gasteiger partial charge in [-0.25, -0.2) is 0 Å². The Labute approximate surface area is 514 Å². The van der Waals surface area contributed by atoms with Crippen molar-refractivity contribution in [3.63, 3.8) is 0 Å². The number of phenols is 4. The molecule has 10 aliphatic rings. The molecule has 10 fully saturated rings. The summed E-state index contributed by atoms with van der Waals surface area (Å²) in [6, 6.07) is 41.9. The van der Waals surface area contributed by atoms with Crippen LogP contribution in [0.2, 0.25) is 0 Å². The van der Waals surface area contributed by atoms with Crippen LogP contribution in [0.5, 0.6) is 28.7 Å². The minimum Gasteiger partial charge on any atom is -0.508 e. The Morgan fingerprint density at radius 1 is 0.365 bits per heavy atom. The van der Waals surface area contributed by atoms with Crippen molar-refractivity contribution >= 4 is 0 Å². The zero-order chi connectivity index (χ0) is 61.0. The Morgan fingerprint density at radius 2 is 0.765 bits per heavy atom. The lowest BCUT2D eigenvalue weighted by atomic mass is 9.65. The normalized spacial score (nSPS) is 38.5. The van der Waals surface area contributed by atoms with Gasteiger partial charge in [0.15, 0.2) is 0 Å². The second kappa shape index (κ2) is 22.3. The van der Waals surface area contributed by atoms with Gasteiger partial charge in [-0.3, -0.25) is 0 Å². The van der Waals surface area contributed by atoms with Crippen LogP contribution >= 0.6 is 0 Å². The van der Waals surface area contributed by atoms with Gasteiger partial charge in [0.2, 0.25) is 0 Å². The molecule has 0 spiro atoms. The third kappa shape index (κ3) is 10.3. The molecule has 85 heavy (non-hydrogen) atoms. The average Bonchev–Trinajstić information content (AvgIpc) is 1.64. The summed E-state index contributed by atoms with van der Waals surface area (Å²) in [7, 11) is 0. The molecule has 17 unspecified atom stereocenters. The van der Waals surface area contributed by atoms with Crippen molar-refractivity contribution in [2.45, 2.75) is 217 Å². The summed E-state index contributed by atoms with van der Waals surface area (Å²) >= 11 is 0. The molecule has 10 bridgehead atoms. The fraction of sp³-hybridized carbons (Fsp3) is 0.625. The van der Waals surface area contributed by atoms with E-state index in [9.17, 15) is 20.4 Å². The standard InChI is InChI=1S/5C16H22O/c1-10-14-8-12(16(10,2)3)9-15(14)11-4-6-13(17)7-5-11;1-15(2)12-8-9-16(15,3)14(10-12)11-4-6-13(17)7-5-11;1-10-13-8-11(16(10,2)3)9-14(13)12-6-4-5-7-15(12)17;1-15(2)11-8-9-16(15,3)13(10-11)12-6-4-5-7-14(12)17;1-15(2)12-9-10-16(15,3)14(11-12)17-13-7-5-4-6-8-13/h4-7,10,12,14-15,17H,8-9H2,1-3H3;4-7,12,14,17H,8-10H2,1-3H3;4-7,10-11,13-14,17H,8-9H2,1-3H3;4-7,11,13,17H,8-10H2,1-3H3;4-8,12,14H,9-11H2,1-3H3. The van der Waals surface area contributed by atoms with E-state index in [-0.39, 0.29) is 0 Å². The van der Waals surface area contributed by atoms with Gasteiger partial charge in [0.25, 0.3) is 0 Å². The Hall–Kier alpha value is -4.90. The van der Waals surface area contributed by atoms with Gasteiger partial charge in [0.05, 0.1) is 0 Å². The smallest absolute Gasteiger partial charge is 0.119 e. The van der Waals surface area contributed by atoms with Crippen molar-refractivity contribution in [2.24, 2.45) is 96.6 Å². The molecule has 10 aliphatic carbocycles. The molecule has 5 nitrogen and oxygen atoms in total. The highest BCUT2D eigenvalue weighted by Crippen LogP contribution is 2.73. The number of para-hydroxylation sites is 3. The van der Waals surface area contributed by atoms with Crippen molar-refractivity contribution in [1.82, 2.24) is 0 Å². The fourth-order valence-electron chi connectivity index (χ4n) is 21.4. The molecule has 0 aliphatic heterocycles. The molecule has 0 heterocycles. The molecule has 0 saturated heterocycles.